The van der Waals surface area contributed by atoms with Gasteiger partial charge in [0, 0.05) is 31.7 Å². The third-order valence-electron chi connectivity index (χ3n) is 5.79. The molecule has 0 bridgehead atoms. The quantitative estimate of drug-likeness (QED) is 0.632. The molecule has 5 rings (SSSR count). The van der Waals surface area contributed by atoms with Gasteiger partial charge in [0.1, 0.15) is 23.6 Å². The fourth-order valence-electron chi connectivity index (χ4n) is 4.05. The van der Waals surface area contributed by atoms with Crippen LogP contribution in [0.5, 0.6) is 11.5 Å². The number of amides is 2. The summed E-state index contributed by atoms with van der Waals surface area (Å²) in [5, 5.41) is 4.11. The number of carbonyl (C=O) groups is 2. The van der Waals surface area contributed by atoms with Crippen molar-refractivity contribution in [2.75, 3.05) is 32.8 Å². The zero-order valence-corrected chi connectivity index (χ0v) is 17.7. The van der Waals surface area contributed by atoms with Crippen LogP contribution in [-0.2, 0) is 4.79 Å². The number of para-hydroxylation sites is 2. The molecule has 1 fully saturated rings. The summed E-state index contributed by atoms with van der Waals surface area (Å²) in [5.41, 5.74) is 1.84. The molecule has 8 nitrogen and oxygen atoms in total. The van der Waals surface area contributed by atoms with Gasteiger partial charge in [0.05, 0.1) is 0 Å². The number of ether oxygens (including phenoxy) is 2. The summed E-state index contributed by atoms with van der Waals surface area (Å²) in [4.78, 5) is 29.7. The Labute approximate surface area is 185 Å². The highest BCUT2D eigenvalue weighted by Gasteiger charge is 2.34. The second-order valence-corrected chi connectivity index (χ2v) is 7.81. The maximum absolute atomic E-state index is 13.3. The van der Waals surface area contributed by atoms with Crippen molar-refractivity contribution in [3.8, 4) is 22.8 Å². The minimum absolute atomic E-state index is 0.127. The fourth-order valence-corrected chi connectivity index (χ4v) is 4.05. The number of fused-ring (bicyclic) bond motifs is 1. The lowest BCUT2D eigenvalue weighted by atomic mass is 10.0. The molecule has 0 aliphatic carbocycles. The van der Waals surface area contributed by atoms with E-state index in [0.29, 0.717) is 54.7 Å². The van der Waals surface area contributed by atoms with Crippen LogP contribution in [0.2, 0.25) is 0 Å². The monoisotopic (exact) mass is 433 g/mol. The number of aromatic nitrogens is 1. The van der Waals surface area contributed by atoms with Gasteiger partial charge in [-0.3, -0.25) is 9.59 Å². The first kappa shape index (κ1) is 20.1. The Kier molecular flexibility index (Phi) is 5.26. The number of nitrogens with zero attached hydrogens (tertiary/aromatic N) is 3. The number of hydrogen-bond acceptors (Lipinski definition) is 6. The summed E-state index contributed by atoms with van der Waals surface area (Å²) in [6, 6.07) is 16.8. The van der Waals surface area contributed by atoms with Crippen LogP contribution in [0.1, 0.15) is 16.1 Å². The van der Waals surface area contributed by atoms with Crippen molar-refractivity contribution in [1.82, 2.24) is 15.0 Å². The zero-order chi connectivity index (χ0) is 22.1. The van der Waals surface area contributed by atoms with Crippen LogP contribution in [0.4, 0.5) is 0 Å². The second-order valence-electron chi connectivity index (χ2n) is 7.81. The molecule has 0 radical (unpaired) electrons. The molecular formula is C24H23N3O5. The predicted octanol–water partition coefficient (Wildman–Crippen LogP) is 2.77. The third kappa shape index (κ3) is 3.68. The third-order valence-corrected chi connectivity index (χ3v) is 5.79. The van der Waals surface area contributed by atoms with Gasteiger partial charge < -0.3 is 23.8 Å². The van der Waals surface area contributed by atoms with Crippen molar-refractivity contribution in [1.29, 1.82) is 0 Å². The smallest absolute Gasteiger partial charge is 0.267 e. The Bertz CT molecular complexity index is 1140. The van der Waals surface area contributed by atoms with Crippen LogP contribution >= 0.6 is 0 Å². The molecule has 8 heteroatoms. The van der Waals surface area contributed by atoms with Gasteiger partial charge in [-0.2, -0.15) is 0 Å². The lowest BCUT2D eigenvalue weighted by Gasteiger charge is -2.37. The maximum Gasteiger partial charge on any atom is 0.267 e. The summed E-state index contributed by atoms with van der Waals surface area (Å²) in [6.45, 7) is 3.62. The number of rotatable bonds is 3. The van der Waals surface area contributed by atoms with E-state index in [-0.39, 0.29) is 18.4 Å². The van der Waals surface area contributed by atoms with E-state index < -0.39 is 6.10 Å². The van der Waals surface area contributed by atoms with E-state index >= 15 is 0 Å². The Morgan fingerprint density at radius 3 is 2.31 bits per heavy atom. The number of hydrogen-bond donors (Lipinski definition) is 0. The van der Waals surface area contributed by atoms with E-state index in [9.17, 15) is 9.59 Å². The predicted molar refractivity (Wildman–Crippen MR) is 116 cm³/mol. The topological polar surface area (TPSA) is 85.1 Å². The molecule has 2 amide bonds. The molecule has 1 atom stereocenters. The first-order valence-electron chi connectivity index (χ1n) is 10.6. The van der Waals surface area contributed by atoms with E-state index in [0.717, 1.165) is 5.56 Å². The highest BCUT2D eigenvalue weighted by molar-refractivity contribution is 6.01. The summed E-state index contributed by atoms with van der Waals surface area (Å²) in [7, 11) is 0. The van der Waals surface area contributed by atoms with Gasteiger partial charge in [0.25, 0.3) is 11.8 Å². The van der Waals surface area contributed by atoms with Crippen molar-refractivity contribution < 1.29 is 23.6 Å². The summed E-state index contributed by atoms with van der Waals surface area (Å²) >= 11 is 0. The lowest BCUT2D eigenvalue weighted by molar-refractivity contribution is -0.142. The minimum atomic E-state index is -0.683. The zero-order valence-electron chi connectivity index (χ0n) is 17.7. The second kappa shape index (κ2) is 8.37. The maximum atomic E-state index is 13.3. The molecule has 2 aliphatic rings. The first-order chi connectivity index (χ1) is 15.6. The molecular weight excluding hydrogens is 410 g/mol. The molecule has 0 spiro atoms. The van der Waals surface area contributed by atoms with Gasteiger partial charge in [-0.1, -0.05) is 47.6 Å². The van der Waals surface area contributed by atoms with Crippen LogP contribution < -0.4 is 9.47 Å². The van der Waals surface area contributed by atoms with Crippen LogP contribution in [0.25, 0.3) is 11.3 Å². The van der Waals surface area contributed by atoms with Gasteiger partial charge in [0.2, 0.25) is 6.10 Å². The summed E-state index contributed by atoms with van der Waals surface area (Å²) in [5.74, 6) is 1.44. The molecule has 164 valence electrons. The largest absolute Gasteiger partial charge is 0.485 e. The van der Waals surface area contributed by atoms with Crippen LogP contribution in [0.3, 0.4) is 0 Å². The fraction of sp³-hybridized carbons (Fsp3) is 0.292. The lowest BCUT2D eigenvalue weighted by Crippen LogP contribution is -2.55. The van der Waals surface area contributed by atoms with Crippen molar-refractivity contribution >= 4 is 11.8 Å². The van der Waals surface area contributed by atoms with Crippen LogP contribution in [-0.4, -0.2) is 65.7 Å². The van der Waals surface area contributed by atoms with E-state index in [4.69, 9.17) is 14.0 Å². The van der Waals surface area contributed by atoms with Crippen molar-refractivity contribution in [3.63, 3.8) is 0 Å². The van der Waals surface area contributed by atoms with Gasteiger partial charge in [0.15, 0.2) is 11.5 Å². The van der Waals surface area contributed by atoms with E-state index in [1.54, 1.807) is 22.8 Å². The molecule has 0 N–H and O–H groups in total. The van der Waals surface area contributed by atoms with E-state index in [2.05, 4.69) is 5.16 Å². The Morgan fingerprint density at radius 2 is 1.56 bits per heavy atom. The Hall–Kier alpha value is -3.81. The van der Waals surface area contributed by atoms with Gasteiger partial charge in [-0.15, -0.1) is 0 Å². The van der Waals surface area contributed by atoms with Gasteiger partial charge >= 0.3 is 0 Å². The number of carbonyl (C=O) groups excluding carboxylic acids is 2. The van der Waals surface area contributed by atoms with Gasteiger partial charge in [-0.25, -0.2) is 0 Å². The van der Waals surface area contributed by atoms with Crippen molar-refractivity contribution in [2.24, 2.45) is 0 Å². The normalized spacial score (nSPS) is 17.8. The molecule has 1 aromatic heterocycles. The van der Waals surface area contributed by atoms with Crippen molar-refractivity contribution in [3.05, 3.63) is 65.9 Å². The number of aryl methyl sites for hydroxylation is 1. The average molecular weight is 433 g/mol. The molecule has 32 heavy (non-hydrogen) atoms. The van der Waals surface area contributed by atoms with Crippen molar-refractivity contribution in [2.45, 2.75) is 13.0 Å². The number of piperazine rings is 1. The standard InChI is InChI=1S/C24H23N3O5/c1-16-21(22(25-32-16)17-7-3-2-4-8-17)24(29)27-13-11-26(12-14-27)23(28)20-15-30-18-9-5-6-10-19(18)31-20/h2-10,20H,11-15H2,1H3/t20-/m0/s1. The SMILES string of the molecule is Cc1onc(-c2ccccc2)c1C(=O)N1CCN(C(=O)[C@@H]2COc3ccccc3O2)CC1. The molecule has 0 saturated carbocycles. The summed E-state index contributed by atoms with van der Waals surface area (Å²) in [6.07, 6.45) is -0.683. The first-order valence-corrected chi connectivity index (χ1v) is 10.6. The minimum Gasteiger partial charge on any atom is -0.485 e. The molecule has 3 aromatic rings. The van der Waals surface area contributed by atoms with Gasteiger partial charge in [-0.05, 0) is 19.1 Å². The highest BCUT2D eigenvalue weighted by atomic mass is 16.6. The van der Waals surface area contributed by atoms with Crippen LogP contribution in [0.15, 0.2) is 59.1 Å². The average Bonchev–Trinajstić information content (AvgIpc) is 3.24. The molecule has 3 heterocycles. The Morgan fingerprint density at radius 1 is 0.906 bits per heavy atom. The van der Waals surface area contributed by atoms with Crippen LogP contribution in [0, 0.1) is 6.92 Å². The summed E-state index contributed by atoms with van der Waals surface area (Å²) < 4.78 is 16.9. The molecule has 2 aliphatic heterocycles. The Balaban J connectivity index is 1.24. The van der Waals surface area contributed by atoms with E-state index in [1.165, 1.54) is 0 Å². The highest BCUT2D eigenvalue weighted by Crippen LogP contribution is 2.31. The molecule has 0 unspecified atom stereocenters. The van der Waals surface area contributed by atoms with E-state index in [1.807, 2.05) is 48.5 Å². The number of benzene rings is 2. The molecule has 2 aromatic carbocycles. The molecule has 1 saturated heterocycles.